The lowest BCUT2D eigenvalue weighted by Crippen LogP contribution is -2.39. The smallest absolute Gasteiger partial charge is 0.324 e. The minimum atomic E-state index is -4.35. The Hall–Kier alpha value is -1.60. The molecule has 1 aromatic heterocycles. The van der Waals surface area contributed by atoms with Crippen LogP contribution in [0.2, 0.25) is 24.8 Å². The van der Waals surface area contributed by atoms with Crippen molar-refractivity contribution in [3.8, 4) is 0 Å². The van der Waals surface area contributed by atoms with Crippen molar-refractivity contribution in [2.75, 3.05) is 5.32 Å². The monoisotopic (exact) mass is 345 g/mol. The maximum absolute atomic E-state index is 12.5. The van der Waals surface area contributed by atoms with Gasteiger partial charge in [-0.2, -0.15) is 13.2 Å². The fourth-order valence-corrected chi connectivity index (χ4v) is 3.90. The van der Waals surface area contributed by atoms with Crippen molar-refractivity contribution < 1.29 is 13.2 Å². The molecule has 0 saturated carbocycles. The first-order chi connectivity index (χ1) is 10.1. The van der Waals surface area contributed by atoms with Crippen molar-refractivity contribution in [3.05, 3.63) is 41.2 Å². The molecule has 0 atom stereocenters. The third kappa shape index (κ3) is 3.98. The van der Waals surface area contributed by atoms with E-state index in [9.17, 15) is 13.2 Å². The van der Waals surface area contributed by atoms with Gasteiger partial charge in [0.1, 0.15) is 5.15 Å². The summed E-state index contributed by atoms with van der Waals surface area (Å²) in [6.45, 7) is 6.38. The molecule has 118 valence electrons. The lowest BCUT2D eigenvalue weighted by atomic mass is 10.2. The first-order valence-corrected chi connectivity index (χ1v) is 10.4. The molecule has 0 unspecified atom stereocenters. The number of nitrogens with one attached hydrogen (secondary N) is 1. The Morgan fingerprint density at radius 2 is 1.68 bits per heavy atom. The summed E-state index contributed by atoms with van der Waals surface area (Å²) in [6.07, 6.45) is -2.68. The number of anilines is 2. The molecule has 0 amide bonds. The van der Waals surface area contributed by atoms with Gasteiger partial charge >= 0.3 is 6.18 Å². The van der Waals surface area contributed by atoms with E-state index in [-0.39, 0.29) is 5.95 Å². The van der Waals surface area contributed by atoms with Gasteiger partial charge in [0.15, 0.2) is 0 Å². The molecule has 2 rings (SSSR count). The number of rotatable bonds is 3. The second-order valence-electron chi connectivity index (χ2n) is 5.85. The number of nitrogens with zero attached hydrogens (tertiary/aromatic N) is 2. The molecule has 8 heteroatoms. The maximum Gasteiger partial charge on any atom is 0.416 e. The highest BCUT2D eigenvalue weighted by Gasteiger charge is 2.30. The Kier molecular flexibility index (Phi) is 4.48. The van der Waals surface area contributed by atoms with E-state index in [1.54, 1.807) is 6.20 Å². The van der Waals surface area contributed by atoms with E-state index in [1.165, 1.54) is 12.1 Å². The van der Waals surface area contributed by atoms with E-state index in [1.807, 2.05) is 0 Å². The van der Waals surface area contributed by atoms with Crippen LogP contribution in [0.3, 0.4) is 0 Å². The van der Waals surface area contributed by atoms with Gasteiger partial charge in [-0.05, 0) is 29.5 Å². The van der Waals surface area contributed by atoms with Crippen molar-refractivity contribution in [1.29, 1.82) is 0 Å². The van der Waals surface area contributed by atoms with Crippen molar-refractivity contribution in [2.24, 2.45) is 0 Å². The molecule has 22 heavy (non-hydrogen) atoms. The van der Waals surface area contributed by atoms with Gasteiger partial charge in [0.25, 0.3) is 0 Å². The quantitative estimate of drug-likeness (QED) is 0.660. The molecule has 1 aromatic carbocycles. The van der Waals surface area contributed by atoms with E-state index >= 15 is 0 Å². The number of hydrogen-bond acceptors (Lipinski definition) is 3. The third-order valence-corrected chi connectivity index (χ3v) is 5.45. The maximum atomic E-state index is 12.5. The third-order valence-electron chi connectivity index (χ3n) is 3.02. The van der Waals surface area contributed by atoms with E-state index < -0.39 is 19.8 Å². The zero-order valence-electron chi connectivity index (χ0n) is 12.3. The number of aromatic nitrogens is 2. The minimum absolute atomic E-state index is 0.256. The standard InChI is InChI=1S/C14H15ClF3N3Si/c1-22(2,3)11-8-19-13(21-12(11)15)20-10-6-4-9(5-7-10)14(16,17)18/h4-8H,1-3H3,(H,19,20,21). The average Bonchev–Trinajstić information content (AvgIpc) is 2.36. The van der Waals surface area contributed by atoms with Crippen LogP contribution in [-0.2, 0) is 6.18 Å². The topological polar surface area (TPSA) is 37.8 Å². The number of alkyl halides is 3. The van der Waals surface area contributed by atoms with Gasteiger partial charge in [0, 0.05) is 11.9 Å². The second-order valence-corrected chi connectivity index (χ2v) is 11.2. The van der Waals surface area contributed by atoms with Crippen LogP contribution < -0.4 is 10.5 Å². The van der Waals surface area contributed by atoms with Crippen molar-refractivity contribution in [2.45, 2.75) is 25.8 Å². The minimum Gasteiger partial charge on any atom is -0.324 e. The summed E-state index contributed by atoms with van der Waals surface area (Å²) < 4.78 is 37.5. The predicted molar refractivity (Wildman–Crippen MR) is 84.7 cm³/mol. The molecule has 0 fully saturated rings. The lowest BCUT2D eigenvalue weighted by Gasteiger charge is -2.17. The first kappa shape index (κ1) is 16.8. The summed E-state index contributed by atoms with van der Waals surface area (Å²) in [7, 11) is -1.63. The highest BCUT2D eigenvalue weighted by Crippen LogP contribution is 2.30. The van der Waals surface area contributed by atoms with Gasteiger partial charge in [-0.3, -0.25) is 0 Å². The van der Waals surface area contributed by atoms with E-state index in [0.29, 0.717) is 10.8 Å². The molecule has 1 heterocycles. The zero-order valence-corrected chi connectivity index (χ0v) is 14.0. The number of hydrogen-bond donors (Lipinski definition) is 1. The Morgan fingerprint density at radius 1 is 1.09 bits per heavy atom. The van der Waals surface area contributed by atoms with Crippen molar-refractivity contribution in [3.63, 3.8) is 0 Å². The van der Waals surface area contributed by atoms with Gasteiger partial charge in [0.2, 0.25) is 5.95 Å². The van der Waals surface area contributed by atoms with Gasteiger partial charge < -0.3 is 5.32 Å². The second kappa shape index (κ2) is 5.89. The Bertz CT molecular complexity index is 667. The largest absolute Gasteiger partial charge is 0.416 e. The van der Waals surface area contributed by atoms with Crippen LogP contribution in [0.25, 0.3) is 0 Å². The normalized spacial score (nSPS) is 12.3. The van der Waals surface area contributed by atoms with Gasteiger partial charge in [0.05, 0.1) is 13.6 Å². The molecule has 0 bridgehead atoms. The van der Waals surface area contributed by atoms with E-state index in [4.69, 9.17) is 11.6 Å². The summed E-state index contributed by atoms with van der Waals surface area (Å²) in [4.78, 5) is 8.34. The SMILES string of the molecule is C[Si](C)(C)c1cnc(Nc2ccc(C(F)(F)F)cc2)nc1Cl. The summed E-state index contributed by atoms with van der Waals surface area (Å²) in [5, 5.41) is 4.16. The van der Waals surface area contributed by atoms with Crippen LogP contribution in [-0.4, -0.2) is 18.0 Å². The molecule has 0 aliphatic carbocycles. The Balaban J connectivity index is 2.19. The lowest BCUT2D eigenvalue weighted by molar-refractivity contribution is -0.137. The summed E-state index contributed by atoms with van der Waals surface area (Å²) in [5.41, 5.74) is -0.240. The van der Waals surface area contributed by atoms with Gasteiger partial charge in [-0.1, -0.05) is 31.2 Å². The molecule has 0 saturated heterocycles. The summed E-state index contributed by atoms with van der Waals surface area (Å²) >= 11 is 6.16. The molecule has 0 aliphatic heterocycles. The molecule has 2 aromatic rings. The summed E-state index contributed by atoms with van der Waals surface area (Å²) in [6, 6.07) is 4.65. The van der Waals surface area contributed by atoms with E-state index in [0.717, 1.165) is 17.3 Å². The highest BCUT2D eigenvalue weighted by molar-refractivity contribution is 6.90. The Morgan fingerprint density at radius 3 is 2.14 bits per heavy atom. The number of halogens is 4. The molecular weight excluding hydrogens is 331 g/mol. The van der Waals surface area contributed by atoms with Crippen molar-refractivity contribution in [1.82, 2.24) is 9.97 Å². The van der Waals surface area contributed by atoms with Crippen LogP contribution in [0.1, 0.15) is 5.56 Å². The highest BCUT2D eigenvalue weighted by atomic mass is 35.5. The van der Waals surface area contributed by atoms with Gasteiger partial charge in [-0.25, -0.2) is 9.97 Å². The van der Waals surface area contributed by atoms with Crippen LogP contribution in [0, 0.1) is 0 Å². The molecule has 0 aliphatic rings. The predicted octanol–water partition coefficient (Wildman–Crippen LogP) is 4.44. The molecule has 3 nitrogen and oxygen atoms in total. The van der Waals surface area contributed by atoms with Crippen molar-refractivity contribution >= 4 is 36.5 Å². The Labute approximate surface area is 132 Å². The molecule has 1 N–H and O–H groups in total. The zero-order chi connectivity index (χ0) is 16.5. The fraction of sp³-hybridized carbons (Fsp3) is 0.286. The fourth-order valence-electron chi connectivity index (χ4n) is 1.80. The van der Waals surface area contributed by atoms with Crippen LogP contribution in [0.4, 0.5) is 24.8 Å². The van der Waals surface area contributed by atoms with E-state index in [2.05, 4.69) is 34.9 Å². The van der Waals surface area contributed by atoms with Gasteiger partial charge in [-0.15, -0.1) is 0 Å². The number of benzene rings is 1. The van der Waals surface area contributed by atoms with Crippen LogP contribution in [0.15, 0.2) is 30.5 Å². The average molecular weight is 346 g/mol. The van der Waals surface area contributed by atoms with Crippen LogP contribution >= 0.6 is 11.6 Å². The first-order valence-electron chi connectivity index (χ1n) is 6.54. The molecule has 0 spiro atoms. The molecular formula is C14H15ClF3N3Si. The summed E-state index contributed by atoms with van der Waals surface area (Å²) in [5.74, 6) is 0.256. The molecule has 0 radical (unpaired) electrons. The van der Waals surface area contributed by atoms with Crippen LogP contribution in [0.5, 0.6) is 0 Å².